The van der Waals surface area contributed by atoms with Crippen LogP contribution in [0.15, 0.2) is 11.4 Å². The maximum Gasteiger partial charge on any atom is 0.336 e. The van der Waals surface area contributed by atoms with Crippen molar-refractivity contribution >= 4 is 17.3 Å². The fraction of sp³-hybridized carbons (Fsp3) is 0.583. The molecule has 17 heavy (non-hydrogen) atoms. The monoisotopic (exact) mass is 255 g/mol. The second kappa shape index (κ2) is 5.62. The zero-order valence-corrected chi connectivity index (χ0v) is 10.6. The van der Waals surface area contributed by atoms with E-state index in [0.29, 0.717) is 17.7 Å². The summed E-state index contributed by atoms with van der Waals surface area (Å²) >= 11 is 1.49. The molecule has 2 N–H and O–H groups in total. The molecule has 4 nitrogen and oxygen atoms in total. The predicted molar refractivity (Wildman–Crippen MR) is 66.6 cm³/mol. The van der Waals surface area contributed by atoms with E-state index >= 15 is 0 Å². The predicted octanol–water partition coefficient (Wildman–Crippen LogP) is 2.10. The van der Waals surface area contributed by atoms with Crippen molar-refractivity contribution < 1.29 is 14.6 Å². The average Bonchev–Trinajstić information content (AvgIpc) is 2.70. The van der Waals surface area contributed by atoms with Gasteiger partial charge in [0.15, 0.2) is 0 Å². The smallest absolute Gasteiger partial charge is 0.336 e. The molecule has 0 amide bonds. The van der Waals surface area contributed by atoms with E-state index in [-0.39, 0.29) is 0 Å². The summed E-state index contributed by atoms with van der Waals surface area (Å²) in [7, 11) is 0. The van der Waals surface area contributed by atoms with Crippen LogP contribution in [0, 0.1) is 0 Å². The van der Waals surface area contributed by atoms with Crippen molar-refractivity contribution in [2.45, 2.75) is 38.5 Å². The van der Waals surface area contributed by atoms with Crippen LogP contribution in [0.3, 0.4) is 0 Å². The first-order valence-electron chi connectivity index (χ1n) is 5.84. The molecule has 1 heterocycles. The normalized spacial score (nSPS) is 23.4. The number of carboxylic acids is 1. The number of hydrogen-bond donors (Lipinski definition) is 2. The summed E-state index contributed by atoms with van der Waals surface area (Å²) in [4.78, 5) is 11.8. The Morgan fingerprint density at radius 3 is 3.00 bits per heavy atom. The molecule has 1 aliphatic carbocycles. The zero-order chi connectivity index (χ0) is 12.3. The summed E-state index contributed by atoms with van der Waals surface area (Å²) in [6, 6.07) is 2.25. The third-order valence-corrected chi connectivity index (χ3v) is 3.90. The molecule has 1 aromatic rings. The van der Waals surface area contributed by atoms with Crippen LogP contribution in [0.2, 0.25) is 0 Å². The number of carbonyl (C=O) groups is 1. The number of rotatable bonds is 6. The molecule has 5 heteroatoms. The largest absolute Gasteiger partial charge is 0.478 e. The SMILES string of the molecule is CCOC1CC(NCc2cc(C(=O)O)cs2)C1. The number of nitrogens with one attached hydrogen (secondary N) is 1. The van der Waals surface area contributed by atoms with E-state index < -0.39 is 5.97 Å². The molecule has 1 fully saturated rings. The molecule has 0 bridgehead atoms. The highest BCUT2D eigenvalue weighted by atomic mass is 32.1. The van der Waals surface area contributed by atoms with E-state index in [2.05, 4.69) is 5.32 Å². The van der Waals surface area contributed by atoms with Crippen LogP contribution in [0.4, 0.5) is 0 Å². The summed E-state index contributed by atoms with van der Waals surface area (Å²) in [5.41, 5.74) is 0.382. The van der Waals surface area contributed by atoms with Gasteiger partial charge in [-0.05, 0) is 25.8 Å². The van der Waals surface area contributed by atoms with Crippen molar-refractivity contribution in [1.29, 1.82) is 0 Å². The van der Waals surface area contributed by atoms with E-state index in [1.165, 1.54) is 11.3 Å². The highest BCUT2D eigenvalue weighted by Crippen LogP contribution is 2.24. The minimum Gasteiger partial charge on any atom is -0.478 e. The molecule has 0 radical (unpaired) electrons. The summed E-state index contributed by atoms with van der Waals surface area (Å²) < 4.78 is 5.48. The van der Waals surface area contributed by atoms with Crippen LogP contribution >= 0.6 is 11.3 Å². The number of aromatic carboxylic acids is 1. The molecular formula is C12H17NO3S. The second-order valence-electron chi connectivity index (χ2n) is 4.23. The lowest BCUT2D eigenvalue weighted by atomic mass is 9.89. The van der Waals surface area contributed by atoms with Gasteiger partial charge in [-0.2, -0.15) is 0 Å². The lowest BCUT2D eigenvalue weighted by molar-refractivity contribution is -0.0101. The molecule has 1 aromatic heterocycles. The van der Waals surface area contributed by atoms with Crippen molar-refractivity contribution in [3.63, 3.8) is 0 Å². The summed E-state index contributed by atoms with van der Waals surface area (Å²) in [6.07, 6.45) is 2.53. The van der Waals surface area contributed by atoms with Gasteiger partial charge in [0.25, 0.3) is 0 Å². The van der Waals surface area contributed by atoms with E-state index in [1.807, 2.05) is 6.92 Å². The first kappa shape index (κ1) is 12.5. The lowest BCUT2D eigenvalue weighted by Crippen LogP contribution is -2.44. The van der Waals surface area contributed by atoms with Gasteiger partial charge in [-0.15, -0.1) is 11.3 Å². The number of carboxylic acid groups (broad SMARTS) is 1. The summed E-state index contributed by atoms with van der Waals surface area (Å²) in [5, 5.41) is 13.9. The van der Waals surface area contributed by atoms with Gasteiger partial charge in [-0.1, -0.05) is 0 Å². The molecule has 0 aliphatic heterocycles. The molecule has 1 aliphatic rings. The summed E-state index contributed by atoms with van der Waals surface area (Å²) in [5.74, 6) is -0.854. The topological polar surface area (TPSA) is 58.6 Å². The quantitative estimate of drug-likeness (QED) is 0.817. The maximum atomic E-state index is 10.7. The highest BCUT2D eigenvalue weighted by Gasteiger charge is 2.28. The molecule has 0 atom stereocenters. The highest BCUT2D eigenvalue weighted by molar-refractivity contribution is 7.10. The van der Waals surface area contributed by atoms with E-state index in [4.69, 9.17) is 9.84 Å². The van der Waals surface area contributed by atoms with Crippen LogP contribution in [0.5, 0.6) is 0 Å². The van der Waals surface area contributed by atoms with Gasteiger partial charge in [-0.3, -0.25) is 0 Å². The van der Waals surface area contributed by atoms with Gasteiger partial charge in [0, 0.05) is 29.5 Å². The Bertz CT molecular complexity index is 385. The third-order valence-electron chi connectivity index (χ3n) is 2.96. The molecule has 0 aromatic carbocycles. The second-order valence-corrected chi connectivity index (χ2v) is 5.23. The fourth-order valence-corrected chi connectivity index (χ4v) is 2.74. The van der Waals surface area contributed by atoms with E-state index in [1.54, 1.807) is 11.4 Å². The third kappa shape index (κ3) is 3.28. The standard InChI is InChI=1S/C12H17NO3S/c1-2-16-10-4-9(5-10)13-6-11-3-8(7-17-11)12(14)15/h3,7,9-10,13H,2,4-6H2,1H3,(H,14,15). The van der Waals surface area contributed by atoms with Gasteiger partial charge >= 0.3 is 5.97 Å². The first-order chi connectivity index (χ1) is 8.19. The molecule has 1 saturated carbocycles. The Morgan fingerprint density at radius 1 is 1.65 bits per heavy atom. The van der Waals surface area contributed by atoms with Gasteiger partial charge in [0.1, 0.15) is 0 Å². The van der Waals surface area contributed by atoms with Crippen molar-refractivity contribution in [3.8, 4) is 0 Å². The maximum absolute atomic E-state index is 10.7. The van der Waals surface area contributed by atoms with Crippen LogP contribution in [-0.4, -0.2) is 29.8 Å². The van der Waals surface area contributed by atoms with Crippen LogP contribution < -0.4 is 5.32 Å². The van der Waals surface area contributed by atoms with Crippen molar-refractivity contribution in [1.82, 2.24) is 5.32 Å². The Balaban J connectivity index is 1.70. The van der Waals surface area contributed by atoms with Crippen molar-refractivity contribution in [2.24, 2.45) is 0 Å². The fourth-order valence-electron chi connectivity index (χ4n) is 1.93. The van der Waals surface area contributed by atoms with Crippen LogP contribution in [0.1, 0.15) is 35.0 Å². The first-order valence-corrected chi connectivity index (χ1v) is 6.72. The molecule has 0 saturated heterocycles. The molecule has 0 unspecified atom stereocenters. The number of ether oxygens (including phenoxy) is 1. The molecule has 0 spiro atoms. The Labute approximate surface area is 105 Å². The van der Waals surface area contributed by atoms with Gasteiger partial charge < -0.3 is 15.2 Å². The lowest BCUT2D eigenvalue weighted by Gasteiger charge is -2.35. The van der Waals surface area contributed by atoms with Crippen LogP contribution in [0.25, 0.3) is 0 Å². The van der Waals surface area contributed by atoms with E-state index in [0.717, 1.165) is 30.9 Å². The number of hydrogen-bond acceptors (Lipinski definition) is 4. The molecule has 2 rings (SSSR count). The van der Waals surface area contributed by atoms with Crippen molar-refractivity contribution in [3.05, 3.63) is 21.9 Å². The Kier molecular flexibility index (Phi) is 4.15. The Morgan fingerprint density at radius 2 is 2.41 bits per heavy atom. The average molecular weight is 255 g/mol. The molecule has 94 valence electrons. The van der Waals surface area contributed by atoms with Gasteiger partial charge in [-0.25, -0.2) is 4.79 Å². The van der Waals surface area contributed by atoms with Crippen molar-refractivity contribution in [2.75, 3.05) is 6.61 Å². The minimum atomic E-state index is -0.854. The number of thiophene rings is 1. The summed E-state index contributed by atoms with van der Waals surface area (Å²) in [6.45, 7) is 3.55. The minimum absolute atomic E-state index is 0.382. The molecular weight excluding hydrogens is 238 g/mol. The Hall–Kier alpha value is -0.910. The van der Waals surface area contributed by atoms with Crippen LogP contribution in [-0.2, 0) is 11.3 Å². The zero-order valence-electron chi connectivity index (χ0n) is 9.81. The van der Waals surface area contributed by atoms with E-state index in [9.17, 15) is 4.79 Å². The van der Waals surface area contributed by atoms with Gasteiger partial charge in [0.05, 0.1) is 11.7 Å². The van der Waals surface area contributed by atoms with Gasteiger partial charge in [0.2, 0.25) is 0 Å².